The number of benzene rings is 1. The van der Waals surface area contributed by atoms with Crippen molar-refractivity contribution in [2.45, 2.75) is 18.6 Å². The molecule has 1 aromatic carbocycles. The van der Waals surface area contributed by atoms with Gasteiger partial charge in [-0.1, -0.05) is 24.3 Å². The van der Waals surface area contributed by atoms with Crippen LogP contribution in [-0.2, 0) is 16.0 Å². The Morgan fingerprint density at radius 3 is 2.72 bits per heavy atom. The molecule has 0 bridgehead atoms. The van der Waals surface area contributed by atoms with Gasteiger partial charge in [0.25, 0.3) is 0 Å². The number of ether oxygens (including phenoxy) is 2. The third-order valence-electron chi connectivity index (χ3n) is 5.86. The molecule has 2 aliphatic rings. The molecule has 0 unspecified atom stereocenters. The van der Waals surface area contributed by atoms with Crippen molar-refractivity contribution in [3.63, 3.8) is 0 Å². The highest BCUT2D eigenvalue weighted by molar-refractivity contribution is 5.83. The number of pyridine rings is 1. The summed E-state index contributed by atoms with van der Waals surface area (Å²) in [5.41, 5.74) is 3.90. The maximum Gasteiger partial charge on any atom is 0.242 e. The van der Waals surface area contributed by atoms with Crippen LogP contribution < -0.4 is 10.1 Å². The van der Waals surface area contributed by atoms with E-state index >= 15 is 0 Å². The summed E-state index contributed by atoms with van der Waals surface area (Å²) < 4.78 is 11.7. The van der Waals surface area contributed by atoms with Gasteiger partial charge in [0.15, 0.2) is 0 Å². The van der Waals surface area contributed by atoms with Gasteiger partial charge in [0, 0.05) is 55.4 Å². The van der Waals surface area contributed by atoms with Gasteiger partial charge in [0.1, 0.15) is 24.2 Å². The zero-order valence-corrected chi connectivity index (χ0v) is 17.7. The number of aromatic nitrogens is 3. The second-order valence-corrected chi connectivity index (χ2v) is 7.95. The van der Waals surface area contributed by atoms with Crippen LogP contribution in [-0.4, -0.2) is 64.7 Å². The molecule has 3 aromatic rings. The Balaban J connectivity index is 1.28. The lowest BCUT2D eigenvalue weighted by Crippen LogP contribution is -2.47. The molecule has 32 heavy (non-hydrogen) atoms. The highest BCUT2D eigenvalue weighted by atomic mass is 16.5. The summed E-state index contributed by atoms with van der Waals surface area (Å²) in [6.45, 7) is 3.09. The van der Waals surface area contributed by atoms with Gasteiger partial charge in [-0.25, -0.2) is 9.97 Å². The third kappa shape index (κ3) is 4.32. The number of amides is 1. The van der Waals surface area contributed by atoms with Crippen LogP contribution in [0.15, 0.2) is 61.4 Å². The topological polar surface area (TPSA) is 89.5 Å². The molecule has 8 nitrogen and oxygen atoms in total. The summed E-state index contributed by atoms with van der Waals surface area (Å²) in [5.74, 6) is 0.801. The number of morpholine rings is 1. The monoisotopic (exact) mass is 431 g/mol. The minimum atomic E-state index is -0.395. The van der Waals surface area contributed by atoms with Crippen molar-refractivity contribution in [3.05, 3.63) is 72.6 Å². The molecule has 5 rings (SSSR count). The number of fused-ring (bicyclic) bond motifs is 1. The van der Waals surface area contributed by atoms with Crippen LogP contribution in [0.5, 0.6) is 5.75 Å². The molecule has 8 heteroatoms. The molecular formula is C24H25N5O3. The first-order chi connectivity index (χ1) is 15.8. The van der Waals surface area contributed by atoms with Gasteiger partial charge >= 0.3 is 0 Å². The van der Waals surface area contributed by atoms with E-state index in [-0.39, 0.29) is 12.0 Å². The van der Waals surface area contributed by atoms with Crippen molar-refractivity contribution < 1.29 is 14.3 Å². The predicted octanol–water partition coefficient (Wildman–Crippen LogP) is 2.03. The standard InChI is InChI=1S/C24H25N5O3/c30-24(22(18-4-2-6-25-12-18)29-7-9-31-10-8-29)28-15-20-11-17-3-1-5-21(23(17)32-20)19-13-26-16-27-14-19/h1-6,12-14,16,20,22H,7-11,15H2,(H,28,30)/t20-,22+/m1/s1. The van der Waals surface area contributed by atoms with E-state index in [0.717, 1.165) is 34.4 Å². The molecule has 0 radical (unpaired) electrons. The third-order valence-corrected chi connectivity index (χ3v) is 5.86. The number of nitrogens with zero attached hydrogens (tertiary/aromatic N) is 4. The van der Waals surface area contributed by atoms with E-state index in [4.69, 9.17) is 9.47 Å². The van der Waals surface area contributed by atoms with Crippen molar-refractivity contribution in [1.29, 1.82) is 0 Å². The normalized spacial score (nSPS) is 19.1. The first-order valence-electron chi connectivity index (χ1n) is 10.8. The van der Waals surface area contributed by atoms with Crippen LogP contribution in [0.1, 0.15) is 17.2 Å². The molecule has 2 aromatic heterocycles. The number of carbonyl (C=O) groups excluding carboxylic acids is 1. The molecule has 0 saturated carbocycles. The Hall–Kier alpha value is -3.36. The lowest BCUT2D eigenvalue weighted by atomic mass is 10.0. The fourth-order valence-electron chi connectivity index (χ4n) is 4.33. The fourth-order valence-corrected chi connectivity index (χ4v) is 4.33. The Labute approximate surface area is 186 Å². The molecule has 1 N–H and O–H groups in total. The van der Waals surface area contributed by atoms with E-state index in [0.29, 0.717) is 32.8 Å². The summed E-state index contributed by atoms with van der Waals surface area (Å²) in [7, 11) is 0. The molecule has 4 heterocycles. The van der Waals surface area contributed by atoms with Crippen LogP contribution in [0, 0.1) is 0 Å². The zero-order chi connectivity index (χ0) is 21.8. The number of hydrogen-bond acceptors (Lipinski definition) is 7. The van der Waals surface area contributed by atoms with Gasteiger partial charge in [-0.05, 0) is 17.2 Å². The number of hydrogen-bond donors (Lipinski definition) is 1. The smallest absolute Gasteiger partial charge is 0.242 e. The highest BCUT2D eigenvalue weighted by Gasteiger charge is 2.31. The molecular weight excluding hydrogens is 406 g/mol. The predicted molar refractivity (Wildman–Crippen MR) is 118 cm³/mol. The van der Waals surface area contributed by atoms with Gasteiger partial charge in [-0.3, -0.25) is 14.7 Å². The Bertz CT molecular complexity index is 1060. The minimum absolute atomic E-state index is 0.0452. The number of rotatable bonds is 6. The second-order valence-electron chi connectivity index (χ2n) is 7.95. The molecule has 1 fully saturated rings. The fraction of sp³-hybridized carbons (Fsp3) is 0.333. The summed E-state index contributed by atoms with van der Waals surface area (Å²) in [4.78, 5) is 27.9. The average molecular weight is 431 g/mol. The Morgan fingerprint density at radius 2 is 1.94 bits per heavy atom. The average Bonchev–Trinajstić information content (AvgIpc) is 3.28. The van der Waals surface area contributed by atoms with Crippen molar-refractivity contribution in [2.75, 3.05) is 32.8 Å². The van der Waals surface area contributed by atoms with E-state index in [1.165, 1.54) is 6.33 Å². The zero-order valence-electron chi connectivity index (χ0n) is 17.7. The molecule has 0 aliphatic carbocycles. The Kier molecular flexibility index (Phi) is 6.04. The van der Waals surface area contributed by atoms with Crippen LogP contribution in [0.25, 0.3) is 11.1 Å². The van der Waals surface area contributed by atoms with Gasteiger partial charge in [-0.15, -0.1) is 0 Å². The SMILES string of the molecule is O=C(NC[C@H]1Cc2cccc(-c3cncnc3)c2O1)[C@H](c1cccnc1)N1CCOCC1. The van der Waals surface area contributed by atoms with Gasteiger partial charge in [0.2, 0.25) is 5.91 Å². The molecule has 2 aliphatic heterocycles. The van der Waals surface area contributed by atoms with Crippen molar-refractivity contribution in [1.82, 2.24) is 25.2 Å². The van der Waals surface area contributed by atoms with Gasteiger partial charge in [-0.2, -0.15) is 0 Å². The lowest BCUT2D eigenvalue weighted by molar-refractivity contribution is -0.128. The van der Waals surface area contributed by atoms with Gasteiger partial charge < -0.3 is 14.8 Å². The maximum absolute atomic E-state index is 13.3. The molecule has 2 atom stereocenters. The largest absolute Gasteiger partial charge is 0.487 e. The summed E-state index contributed by atoms with van der Waals surface area (Å²) in [6.07, 6.45) is 9.17. The second kappa shape index (κ2) is 9.42. The first-order valence-corrected chi connectivity index (χ1v) is 10.8. The van der Waals surface area contributed by atoms with Crippen LogP contribution in [0.4, 0.5) is 0 Å². The molecule has 0 spiro atoms. The Morgan fingerprint density at radius 1 is 1.09 bits per heavy atom. The maximum atomic E-state index is 13.3. The number of carbonyl (C=O) groups is 1. The van der Waals surface area contributed by atoms with Crippen LogP contribution >= 0.6 is 0 Å². The number of para-hydroxylation sites is 1. The van der Waals surface area contributed by atoms with Crippen molar-refractivity contribution in [2.24, 2.45) is 0 Å². The van der Waals surface area contributed by atoms with Crippen LogP contribution in [0.2, 0.25) is 0 Å². The molecule has 1 amide bonds. The van der Waals surface area contributed by atoms with Gasteiger partial charge in [0.05, 0.1) is 19.8 Å². The minimum Gasteiger partial charge on any atom is -0.487 e. The van der Waals surface area contributed by atoms with Crippen molar-refractivity contribution >= 4 is 5.91 Å². The summed E-state index contributed by atoms with van der Waals surface area (Å²) in [6, 6.07) is 9.51. The van der Waals surface area contributed by atoms with E-state index in [1.54, 1.807) is 24.8 Å². The van der Waals surface area contributed by atoms with E-state index in [1.807, 2.05) is 24.3 Å². The molecule has 164 valence electrons. The lowest BCUT2D eigenvalue weighted by Gasteiger charge is -2.33. The van der Waals surface area contributed by atoms with E-state index < -0.39 is 6.04 Å². The molecule has 1 saturated heterocycles. The quantitative estimate of drug-likeness (QED) is 0.639. The summed E-state index contributed by atoms with van der Waals surface area (Å²) >= 11 is 0. The van der Waals surface area contributed by atoms with E-state index in [2.05, 4.69) is 31.2 Å². The van der Waals surface area contributed by atoms with Crippen molar-refractivity contribution in [3.8, 4) is 16.9 Å². The first kappa shape index (κ1) is 20.5. The number of nitrogens with one attached hydrogen (secondary N) is 1. The van der Waals surface area contributed by atoms with E-state index in [9.17, 15) is 4.79 Å². The van der Waals surface area contributed by atoms with Crippen LogP contribution in [0.3, 0.4) is 0 Å². The highest BCUT2D eigenvalue weighted by Crippen LogP contribution is 2.38. The summed E-state index contributed by atoms with van der Waals surface area (Å²) in [5, 5.41) is 3.12.